The maximum Gasteiger partial charge on any atom is 0.275 e. The third-order valence-corrected chi connectivity index (χ3v) is 2.35. The number of hydrogen-bond donors (Lipinski definition) is 2. The van der Waals surface area contributed by atoms with Crippen LogP contribution in [0.25, 0.3) is 6.08 Å². The van der Waals surface area contributed by atoms with Crippen molar-refractivity contribution in [2.45, 2.75) is 0 Å². The summed E-state index contributed by atoms with van der Waals surface area (Å²) in [6, 6.07) is 5.28. The second-order valence-corrected chi connectivity index (χ2v) is 3.25. The van der Waals surface area contributed by atoms with Crippen molar-refractivity contribution in [2.24, 2.45) is 5.84 Å². The molecule has 1 aromatic rings. The topological polar surface area (TPSA) is 78.9 Å². The molecule has 66 valence electrons. The number of hydrazine groups is 1. The summed E-state index contributed by atoms with van der Waals surface area (Å²) >= 11 is 1.28. The quantitative estimate of drug-likeness (QED) is 0.317. The van der Waals surface area contributed by atoms with Crippen LogP contribution in [0.1, 0.15) is 14.5 Å². The van der Waals surface area contributed by atoms with E-state index in [-0.39, 0.29) is 5.91 Å². The van der Waals surface area contributed by atoms with E-state index < -0.39 is 0 Å². The zero-order valence-corrected chi connectivity index (χ0v) is 7.47. The Bertz CT molecular complexity index is 375. The maximum absolute atomic E-state index is 11.0. The fourth-order valence-corrected chi connectivity index (χ4v) is 1.57. The number of nitrogens with one attached hydrogen (secondary N) is 1. The van der Waals surface area contributed by atoms with Gasteiger partial charge in [-0.05, 0) is 18.2 Å². The second kappa shape index (κ2) is 4.40. The fourth-order valence-electron chi connectivity index (χ4n) is 0.755. The number of nitrogens with two attached hydrogens (primary N) is 1. The number of nitriles is 1. The highest BCUT2D eigenvalue weighted by Gasteiger charge is 2.05. The SMILES string of the molecule is N#CC=Cc1ccc(C(=O)NN)s1. The van der Waals surface area contributed by atoms with Crippen molar-refractivity contribution in [3.63, 3.8) is 0 Å². The maximum atomic E-state index is 11.0. The number of allylic oxidation sites excluding steroid dienone is 1. The summed E-state index contributed by atoms with van der Waals surface area (Å²) < 4.78 is 0. The number of hydrogen-bond acceptors (Lipinski definition) is 4. The first-order valence-electron chi connectivity index (χ1n) is 3.45. The molecular weight excluding hydrogens is 186 g/mol. The zero-order valence-electron chi connectivity index (χ0n) is 6.65. The van der Waals surface area contributed by atoms with Gasteiger partial charge in [-0.1, -0.05) is 0 Å². The summed E-state index contributed by atoms with van der Waals surface area (Å²) in [5.41, 5.74) is 2.03. The molecule has 0 saturated heterocycles. The van der Waals surface area contributed by atoms with Gasteiger partial charge >= 0.3 is 0 Å². The van der Waals surface area contributed by atoms with Crippen LogP contribution >= 0.6 is 11.3 Å². The Balaban J connectivity index is 2.82. The number of amides is 1. The van der Waals surface area contributed by atoms with Gasteiger partial charge in [0.05, 0.1) is 10.9 Å². The van der Waals surface area contributed by atoms with Crippen molar-refractivity contribution in [3.8, 4) is 6.07 Å². The molecule has 4 nitrogen and oxygen atoms in total. The van der Waals surface area contributed by atoms with E-state index in [1.165, 1.54) is 17.4 Å². The molecule has 1 amide bonds. The second-order valence-electron chi connectivity index (χ2n) is 2.14. The molecule has 0 spiro atoms. The van der Waals surface area contributed by atoms with Crippen LogP contribution in [0.3, 0.4) is 0 Å². The van der Waals surface area contributed by atoms with Gasteiger partial charge in [0.15, 0.2) is 0 Å². The summed E-state index contributed by atoms with van der Waals surface area (Å²) in [6.07, 6.45) is 2.99. The monoisotopic (exact) mass is 193 g/mol. The normalized spacial score (nSPS) is 9.85. The van der Waals surface area contributed by atoms with E-state index in [1.54, 1.807) is 18.2 Å². The summed E-state index contributed by atoms with van der Waals surface area (Å²) in [5, 5.41) is 8.26. The van der Waals surface area contributed by atoms with Gasteiger partial charge in [0.2, 0.25) is 0 Å². The van der Waals surface area contributed by atoms with Gasteiger partial charge in [0.1, 0.15) is 0 Å². The lowest BCUT2D eigenvalue weighted by atomic mass is 10.4. The van der Waals surface area contributed by atoms with Crippen LogP contribution in [-0.2, 0) is 0 Å². The highest BCUT2D eigenvalue weighted by atomic mass is 32.1. The van der Waals surface area contributed by atoms with Gasteiger partial charge in [-0.15, -0.1) is 11.3 Å². The molecular formula is C8H7N3OS. The fraction of sp³-hybridized carbons (Fsp3) is 0. The molecule has 0 fully saturated rings. The minimum Gasteiger partial charge on any atom is -0.289 e. The first-order valence-corrected chi connectivity index (χ1v) is 4.26. The first kappa shape index (κ1) is 9.45. The minimum absolute atomic E-state index is 0.318. The number of carbonyl (C=O) groups is 1. The summed E-state index contributed by atoms with van der Waals surface area (Å²) in [6.45, 7) is 0. The van der Waals surface area contributed by atoms with Crippen LogP contribution in [0.4, 0.5) is 0 Å². The predicted molar refractivity (Wildman–Crippen MR) is 50.6 cm³/mol. The Hall–Kier alpha value is -1.64. The van der Waals surface area contributed by atoms with E-state index in [4.69, 9.17) is 11.1 Å². The van der Waals surface area contributed by atoms with Crippen molar-refractivity contribution in [1.29, 1.82) is 5.26 Å². The van der Waals surface area contributed by atoms with E-state index in [0.717, 1.165) is 4.88 Å². The Morgan fingerprint density at radius 1 is 1.69 bits per heavy atom. The lowest BCUT2D eigenvalue weighted by Crippen LogP contribution is -2.29. The number of rotatable bonds is 2. The number of thiophene rings is 1. The lowest BCUT2D eigenvalue weighted by Gasteiger charge is -1.91. The van der Waals surface area contributed by atoms with Crippen LogP contribution in [-0.4, -0.2) is 5.91 Å². The van der Waals surface area contributed by atoms with Gasteiger partial charge in [-0.3, -0.25) is 10.2 Å². The van der Waals surface area contributed by atoms with E-state index in [2.05, 4.69) is 0 Å². The van der Waals surface area contributed by atoms with E-state index in [1.807, 2.05) is 11.5 Å². The van der Waals surface area contributed by atoms with Crippen LogP contribution in [0.2, 0.25) is 0 Å². The predicted octanol–water partition coefficient (Wildman–Crippen LogP) is 0.888. The molecule has 0 unspecified atom stereocenters. The minimum atomic E-state index is -0.318. The largest absolute Gasteiger partial charge is 0.289 e. The average molecular weight is 193 g/mol. The Kier molecular flexibility index (Phi) is 3.20. The Morgan fingerprint density at radius 2 is 2.46 bits per heavy atom. The van der Waals surface area contributed by atoms with E-state index in [0.29, 0.717) is 4.88 Å². The summed E-state index contributed by atoms with van der Waals surface area (Å²) in [4.78, 5) is 12.4. The highest BCUT2D eigenvalue weighted by Crippen LogP contribution is 2.17. The lowest BCUT2D eigenvalue weighted by molar-refractivity contribution is 0.0957. The molecule has 1 heterocycles. The zero-order chi connectivity index (χ0) is 9.68. The molecule has 0 aromatic carbocycles. The summed E-state index contributed by atoms with van der Waals surface area (Å²) in [7, 11) is 0. The van der Waals surface area contributed by atoms with Gasteiger partial charge in [-0.2, -0.15) is 5.26 Å². The Morgan fingerprint density at radius 3 is 3.08 bits per heavy atom. The molecule has 0 bridgehead atoms. The molecule has 0 aliphatic carbocycles. The van der Waals surface area contributed by atoms with Crippen molar-refractivity contribution in [2.75, 3.05) is 0 Å². The van der Waals surface area contributed by atoms with Crippen LogP contribution in [0, 0.1) is 11.3 Å². The van der Waals surface area contributed by atoms with Gasteiger partial charge in [0.25, 0.3) is 5.91 Å². The third-order valence-electron chi connectivity index (χ3n) is 1.30. The molecule has 3 N–H and O–H groups in total. The van der Waals surface area contributed by atoms with Crippen LogP contribution in [0.5, 0.6) is 0 Å². The Labute approximate surface area is 79.3 Å². The molecule has 13 heavy (non-hydrogen) atoms. The van der Waals surface area contributed by atoms with Crippen LogP contribution < -0.4 is 11.3 Å². The molecule has 0 atom stereocenters. The molecule has 1 aromatic heterocycles. The number of carbonyl (C=O) groups excluding carboxylic acids is 1. The van der Waals surface area contributed by atoms with Crippen molar-refractivity contribution >= 4 is 23.3 Å². The molecule has 0 saturated carbocycles. The number of nitrogens with zero attached hydrogens (tertiary/aromatic N) is 1. The molecule has 0 aliphatic rings. The van der Waals surface area contributed by atoms with Gasteiger partial charge in [0, 0.05) is 11.0 Å². The van der Waals surface area contributed by atoms with Gasteiger partial charge in [-0.25, -0.2) is 5.84 Å². The van der Waals surface area contributed by atoms with Crippen molar-refractivity contribution < 1.29 is 4.79 Å². The molecule has 0 aliphatic heterocycles. The average Bonchev–Trinajstić information content (AvgIpc) is 2.62. The van der Waals surface area contributed by atoms with E-state index >= 15 is 0 Å². The van der Waals surface area contributed by atoms with Gasteiger partial charge < -0.3 is 0 Å². The van der Waals surface area contributed by atoms with Crippen molar-refractivity contribution in [1.82, 2.24) is 5.43 Å². The first-order chi connectivity index (χ1) is 6.27. The van der Waals surface area contributed by atoms with E-state index in [9.17, 15) is 4.79 Å². The van der Waals surface area contributed by atoms with Crippen LogP contribution in [0.15, 0.2) is 18.2 Å². The third kappa shape index (κ3) is 2.40. The van der Waals surface area contributed by atoms with Crippen molar-refractivity contribution in [3.05, 3.63) is 28.0 Å². The standard InChI is InChI=1S/C8H7N3OS/c9-5-1-2-6-3-4-7(13-6)8(12)11-10/h1-4H,10H2,(H,11,12). The highest BCUT2D eigenvalue weighted by molar-refractivity contribution is 7.14. The summed E-state index contributed by atoms with van der Waals surface area (Å²) in [5.74, 6) is 4.63. The molecule has 5 heteroatoms. The molecule has 0 radical (unpaired) electrons. The smallest absolute Gasteiger partial charge is 0.275 e. The molecule has 1 rings (SSSR count). The number of nitrogen functional groups attached to an aromatic ring is 1.